The molecule has 0 radical (unpaired) electrons. The molecule has 1 aliphatic rings. The summed E-state index contributed by atoms with van der Waals surface area (Å²) in [7, 11) is 7.65. The Morgan fingerprint density at radius 1 is 0.833 bits per heavy atom. The number of nitrogens with one attached hydrogen (secondary N) is 3. The lowest BCUT2D eigenvalue weighted by Crippen LogP contribution is -2.27. The van der Waals surface area contributed by atoms with Gasteiger partial charge in [-0.2, -0.15) is 0 Å². The molecule has 0 heterocycles. The predicted octanol–water partition coefficient (Wildman–Crippen LogP) is 3.93. The van der Waals surface area contributed by atoms with Gasteiger partial charge < -0.3 is 39.6 Å². The summed E-state index contributed by atoms with van der Waals surface area (Å²) >= 11 is 0. The van der Waals surface area contributed by atoms with Gasteiger partial charge in [0.25, 0.3) is 0 Å². The first-order valence-electron chi connectivity index (χ1n) is 13.3. The van der Waals surface area contributed by atoms with Gasteiger partial charge in [0, 0.05) is 18.6 Å². The van der Waals surface area contributed by atoms with Crippen LogP contribution in [-0.4, -0.2) is 53.9 Å². The van der Waals surface area contributed by atoms with Crippen LogP contribution in [-0.2, 0) is 16.0 Å². The van der Waals surface area contributed by atoms with Crippen LogP contribution >= 0.6 is 0 Å². The summed E-state index contributed by atoms with van der Waals surface area (Å²) in [6, 6.07) is 11.4. The number of aryl methyl sites for hydroxylation is 1. The fraction of sp³-hybridized carbons (Fsp3) is 0.323. The zero-order valence-electron chi connectivity index (χ0n) is 24.5. The molecule has 2 amide bonds. The Hall–Kier alpha value is -4.93. The monoisotopic (exact) mass is 577 g/mol. The summed E-state index contributed by atoms with van der Waals surface area (Å²) in [4.78, 5) is 38.4. The molecule has 4 rings (SSSR count). The van der Waals surface area contributed by atoms with Crippen molar-refractivity contribution in [2.45, 2.75) is 25.8 Å². The van der Waals surface area contributed by atoms with Crippen molar-refractivity contribution in [3.05, 3.63) is 63.8 Å². The van der Waals surface area contributed by atoms with Gasteiger partial charge in [0.2, 0.25) is 23.0 Å². The van der Waals surface area contributed by atoms with E-state index in [1.165, 1.54) is 34.3 Å². The Labute approximate surface area is 244 Å². The van der Waals surface area contributed by atoms with Gasteiger partial charge in [-0.15, -0.1) is 0 Å². The molecular formula is C31H35N3O8. The number of carbonyl (C=O) groups is 2. The molecule has 0 saturated heterocycles. The van der Waals surface area contributed by atoms with E-state index in [4.69, 9.17) is 23.7 Å². The number of anilines is 2. The van der Waals surface area contributed by atoms with Gasteiger partial charge in [0.15, 0.2) is 11.5 Å². The summed E-state index contributed by atoms with van der Waals surface area (Å²) in [5.74, 6) is 1.80. The average Bonchev–Trinajstić information content (AvgIpc) is 3.23. The fourth-order valence-electron chi connectivity index (χ4n) is 5.13. The van der Waals surface area contributed by atoms with Crippen LogP contribution in [0.3, 0.4) is 0 Å². The van der Waals surface area contributed by atoms with Gasteiger partial charge >= 0.3 is 0 Å². The number of ether oxygens (including phenoxy) is 5. The number of benzene rings is 2. The molecule has 1 atom stereocenters. The van der Waals surface area contributed by atoms with Crippen LogP contribution in [0.1, 0.15) is 30.5 Å². The number of fused-ring (bicyclic) bond motifs is 3. The van der Waals surface area contributed by atoms with E-state index in [1.807, 2.05) is 6.07 Å². The maximum Gasteiger partial charge on any atom is 0.243 e. The minimum Gasteiger partial charge on any atom is -0.497 e. The molecule has 0 unspecified atom stereocenters. The second-order valence-corrected chi connectivity index (χ2v) is 9.56. The van der Waals surface area contributed by atoms with Crippen LogP contribution in [0.25, 0.3) is 11.1 Å². The summed E-state index contributed by atoms with van der Waals surface area (Å²) in [6.45, 7) is 1.26. The molecular weight excluding hydrogens is 542 g/mol. The number of amides is 2. The van der Waals surface area contributed by atoms with Crippen molar-refractivity contribution in [2.75, 3.05) is 52.7 Å². The lowest BCUT2D eigenvalue weighted by Gasteiger charge is -2.19. The lowest BCUT2D eigenvalue weighted by molar-refractivity contribution is -0.119. The molecule has 222 valence electrons. The quantitative estimate of drug-likeness (QED) is 0.328. The molecule has 11 nitrogen and oxygen atoms in total. The standard InChI is InChI=1S/C31H35N3O8/c1-17(35)33-22-10-7-18-13-27(40-4)30(41-5)31(42-6)29(18)20-9-12-23(25(36)15-21(20)22)32-16-28(37)34-24-11-8-19(38-2)14-26(24)39-3/h8-9,11-15,22H,7,10,16H2,1-6H3,(H,32,36)(H,33,35)(H,34,37)/t22-/m1/s1. The molecule has 3 N–H and O–H groups in total. The maximum absolute atomic E-state index is 13.4. The summed E-state index contributed by atoms with van der Waals surface area (Å²) in [5, 5.41) is 8.71. The molecule has 11 heteroatoms. The third kappa shape index (κ3) is 6.19. The zero-order chi connectivity index (χ0) is 30.4. The van der Waals surface area contributed by atoms with Gasteiger partial charge in [0.05, 0.1) is 59.5 Å². The highest BCUT2D eigenvalue weighted by Crippen LogP contribution is 2.50. The number of carbonyl (C=O) groups excluding carboxylic acids is 2. The molecule has 0 saturated carbocycles. The predicted molar refractivity (Wildman–Crippen MR) is 159 cm³/mol. The molecule has 3 aromatic rings. The summed E-state index contributed by atoms with van der Waals surface area (Å²) in [6.07, 6.45) is 1.13. The van der Waals surface area contributed by atoms with E-state index < -0.39 is 6.04 Å². The van der Waals surface area contributed by atoms with E-state index in [2.05, 4.69) is 16.0 Å². The van der Waals surface area contributed by atoms with Crippen molar-refractivity contribution in [1.29, 1.82) is 0 Å². The number of hydrogen-bond acceptors (Lipinski definition) is 9. The van der Waals surface area contributed by atoms with E-state index in [1.54, 1.807) is 44.6 Å². The maximum atomic E-state index is 13.4. The van der Waals surface area contributed by atoms with Gasteiger partial charge in [-0.05, 0) is 59.9 Å². The smallest absolute Gasteiger partial charge is 0.243 e. The van der Waals surface area contributed by atoms with Crippen molar-refractivity contribution in [3.63, 3.8) is 0 Å². The molecule has 0 spiro atoms. The first-order valence-corrected chi connectivity index (χ1v) is 13.3. The zero-order valence-corrected chi connectivity index (χ0v) is 24.5. The Morgan fingerprint density at radius 3 is 2.19 bits per heavy atom. The molecule has 1 aliphatic carbocycles. The van der Waals surface area contributed by atoms with Crippen molar-refractivity contribution in [2.24, 2.45) is 0 Å². The highest BCUT2D eigenvalue weighted by molar-refractivity contribution is 5.95. The van der Waals surface area contributed by atoms with Crippen molar-refractivity contribution in [1.82, 2.24) is 5.32 Å². The Kier molecular flexibility index (Phi) is 9.41. The fourth-order valence-corrected chi connectivity index (χ4v) is 5.13. The van der Waals surface area contributed by atoms with Crippen LogP contribution in [0, 0.1) is 0 Å². The third-order valence-corrected chi connectivity index (χ3v) is 7.04. The van der Waals surface area contributed by atoms with Gasteiger partial charge in [-0.3, -0.25) is 14.4 Å². The highest BCUT2D eigenvalue weighted by Gasteiger charge is 2.29. The molecule has 0 fully saturated rings. The number of hydrogen-bond donors (Lipinski definition) is 3. The van der Waals surface area contributed by atoms with Crippen molar-refractivity contribution >= 4 is 23.2 Å². The number of methoxy groups -OCH3 is 5. The minimum absolute atomic E-state index is 0.181. The first-order chi connectivity index (χ1) is 20.2. The van der Waals surface area contributed by atoms with Crippen molar-refractivity contribution < 1.29 is 33.3 Å². The van der Waals surface area contributed by atoms with Crippen LogP contribution in [0.4, 0.5) is 11.4 Å². The van der Waals surface area contributed by atoms with E-state index in [9.17, 15) is 14.4 Å². The normalized spacial score (nSPS) is 13.4. The van der Waals surface area contributed by atoms with Crippen LogP contribution in [0.2, 0.25) is 0 Å². The molecule has 0 aliphatic heterocycles. The summed E-state index contributed by atoms with van der Waals surface area (Å²) in [5.41, 5.74) is 3.30. The van der Waals surface area contributed by atoms with E-state index in [0.29, 0.717) is 58.4 Å². The molecule has 3 aromatic carbocycles. The van der Waals surface area contributed by atoms with Gasteiger partial charge in [-0.25, -0.2) is 0 Å². The van der Waals surface area contributed by atoms with Crippen molar-refractivity contribution in [3.8, 4) is 39.9 Å². The summed E-state index contributed by atoms with van der Waals surface area (Å²) < 4.78 is 27.5. The number of rotatable bonds is 10. The van der Waals surface area contributed by atoms with E-state index in [-0.39, 0.29) is 29.5 Å². The van der Waals surface area contributed by atoms with Crippen LogP contribution in [0.5, 0.6) is 28.7 Å². The van der Waals surface area contributed by atoms with Crippen LogP contribution in [0.15, 0.2) is 47.3 Å². The topological polar surface area (TPSA) is 133 Å². The second-order valence-electron chi connectivity index (χ2n) is 9.56. The first kappa shape index (κ1) is 30.0. The molecule has 0 bridgehead atoms. The van der Waals surface area contributed by atoms with E-state index in [0.717, 1.165) is 11.1 Å². The Balaban J connectivity index is 1.73. The average molecular weight is 578 g/mol. The third-order valence-electron chi connectivity index (χ3n) is 7.04. The second kappa shape index (κ2) is 13.2. The Morgan fingerprint density at radius 2 is 1.55 bits per heavy atom. The van der Waals surface area contributed by atoms with Crippen LogP contribution < -0.4 is 45.1 Å². The van der Waals surface area contributed by atoms with Gasteiger partial charge in [0.1, 0.15) is 11.5 Å². The lowest BCUT2D eigenvalue weighted by atomic mass is 9.95. The largest absolute Gasteiger partial charge is 0.497 e. The SMILES string of the molecule is COc1ccc(NC(=O)CNc2ccc3c(cc2=O)[C@H](NC(C)=O)CCc2cc(OC)c(OC)c(OC)c2-3)c(OC)c1. The van der Waals surface area contributed by atoms with Gasteiger partial charge in [-0.1, -0.05) is 6.07 Å². The van der Waals surface area contributed by atoms with E-state index >= 15 is 0 Å². The highest BCUT2D eigenvalue weighted by atomic mass is 16.5. The minimum atomic E-state index is -0.439. The molecule has 42 heavy (non-hydrogen) atoms. The molecule has 0 aromatic heterocycles. The Bertz CT molecular complexity index is 1560.